The monoisotopic (exact) mass is 371 g/mol. The number of anilines is 2. The third kappa shape index (κ3) is 6.13. The molecule has 1 aromatic carbocycles. The van der Waals surface area contributed by atoms with E-state index in [1.54, 1.807) is 50.5 Å². The van der Waals surface area contributed by atoms with Crippen molar-refractivity contribution in [2.45, 2.75) is 0 Å². The number of hydrogen-bond donors (Lipinski definition) is 4. The molecule has 5 N–H and O–H groups in total. The van der Waals surface area contributed by atoms with Crippen LogP contribution in [0.4, 0.5) is 23.0 Å². The summed E-state index contributed by atoms with van der Waals surface area (Å²) < 4.78 is 5.23. The van der Waals surface area contributed by atoms with E-state index in [0.29, 0.717) is 17.2 Å². The van der Waals surface area contributed by atoms with Crippen LogP contribution in [-0.4, -0.2) is 44.0 Å². The molecule has 1 amide bonds. The first-order valence-corrected chi connectivity index (χ1v) is 8.10. The van der Waals surface area contributed by atoms with Crippen LogP contribution in [-0.2, 0) is 9.59 Å². The predicted octanol–water partition coefficient (Wildman–Crippen LogP) is 1.36. The maximum absolute atomic E-state index is 11.6. The second kappa shape index (κ2) is 9.94. The summed E-state index contributed by atoms with van der Waals surface area (Å²) in [6, 6.07) is 9.88. The molecule has 0 aliphatic carbocycles. The second-order valence-electron chi connectivity index (χ2n) is 5.35. The molecule has 0 atom stereocenters. The number of pyridine rings is 1. The molecule has 0 aliphatic heterocycles. The molecule has 1 heterocycles. The lowest BCUT2D eigenvalue weighted by atomic mass is 10.3. The number of nitrogen functional groups attached to an aromatic ring is 1. The van der Waals surface area contributed by atoms with Crippen LogP contribution in [0, 0.1) is 0 Å². The number of rotatable bonds is 8. The minimum absolute atomic E-state index is 0.0725. The summed E-state index contributed by atoms with van der Waals surface area (Å²) in [7, 11) is 3.31. The molecule has 0 radical (unpaired) electrons. The van der Waals surface area contributed by atoms with E-state index in [-0.39, 0.29) is 30.6 Å². The van der Waals surface area contributed by atoms with Gasteiger partial charge in [-0.15, -0.1) is 10.2 Å². The molecule has 0 fully saturated rings. The molecule has 10 heteroatoms. The van der Waals surface area contributed by atoms with Crippen LogP contribution in [0.25, 0.3) is 0 Å². The van der Waals surface area contributed by atoms with Crippen molar-refractivity contribution in [3.63, 3.8) is 0 Å². The summed E-state index contributed by atoms with van der Waals surface area (Å²) in [6.45, 7) is 0.231. The fourth-order valence-corrected chi connectivity index (χ4v) is 2.01. The van der Waals surface area contributed by atoms with Crippen LogP contribution in [0.1, 0.15) is 0 Å². The Labute approximate surface area is 156 Å². The number of esters is 1. The van der Waals surface area contributed by atoms with Crippen molar-refractivity contribution < 1.29 is 14.3 Å². The maximum Gasteiger partial charge on any atom is 0.325 e. The molecule has 1 aromatic heterocycles. The molecule has 0 spiro atoms. The number of hydrogen-bond acceptors (Lipinski definition) is 9. The Kier molecular flexibility index (Phi) is 7.35. The van der Waals surface area contributed by atoms with Gasteiger partial charge in [0.05, 0.1) is 13.1 Å². The zero-order valence-electron chi connectivity index (χ0n) is 15.0. The Bertz CT molecular complexity index is 839. The van der Waals surface area contributed by atoms with E-state index in [1.165, 1.54) is 0 Å². The number of ether oxygens (including phenoxy) is 1. The lowest BCUT2D eigenvalue weighted by molar-refractivity contribution is -0.133. The van der Waals surface area contributed by atoms with Crippen molar-refractivity contribution in [2.24, 2.45) is 10.2 Å². The van der Waals surface area contributed by atoms with Gasteiger partial charge in [0.1, 0.15) is 17.2 Å². The normalized spacial score (nSPS) is 10.7. The molecule has 0 aliphatic rings. The van der Waals surface area contributed by atoms with E-state index in [0.717, 1.165) is 0 Å². The number of para-hydroxylation sites is 1. The summed E-state index contributed by atoms with van der Waals surface area (Å²) in [5.41, 5.74) is 6.55. The molecule has 27 heavy (non-hydrogen) atoms. The average Bonchev–Trinajstić information content (AvgIpc) is 2.62. The van der Waals surface area contributed by atoms with Crippen molar-refractivity contribution in [1.82, 2.24) is 15.6 Å². The van der Waals surface area contributed by atoms with E-state index in [2.05, 4.69) is 31.2 Å². The zero-order valence-corrected chi connectivity index (χ0v) is 15.0. The smallest absolute Gasteiger partial charge is 0.325 e. The molecule has 0 unspecified atom stereocenters. The third-order valence-electron chi connectivity index (χ3n) is 3.18. The van der Waals surface area contributed by atoms with Crippen molar-refractivity contribution in [3.8, 4) is 5.75 Å². The van der Waals surface area contributed by atoms with Gasteiger partial charge in [-0.2, -0.15) is 0 Å². The van der Waals surface area contributed by atoms with E-state index in [9.17, 15) is 9.59 Å². The lowest BCUT2D eigenvalue weighted by Gasteiger charge is -2.07. The van der Waals surface area contributed by atoms with Gasteiger partial charge < -0.3 is 26.4 Å². The Morgan fingerprint density at radius 1 is 1.04 bits per heavy atom. The minimum atomic E-state index is -0.442. The summed E-state index contributed by atoms with van der Waals surface area (Å²) >= 11 is 0. The molecule has 0 saturated heterocycles. The number of nitrogens with zero attached hydrogens (tertiary/aromatic N) is 3. The van der Waals surface area contributed by atoms with Crippen LogP contribution in [0.3, 0.4) is 0 Å². The molecule has 0 saturated carbocycles. The average molecular weight is 371 g/mol. The summed E-state index contributed by atoms with van der Waals surface area (Å²) in [5.74, 6) is 0.0156. The van der Waals surface area contributed by atoms with Gasteiger partial charge in [0.2, 0.25) is 5.91 Å². The quantitative estimate of drug-likeness (QED) is 0.312. The summed E-state index contributed by atoms with van der Waals surface area (Å²) in [6.07, 6.45) is 0. The van der Waals surface area contributed by atoms with Crippen LogP contribution < -0.4 is 26.4 Å². The topological polar surface area (TPSA) is 143 Å². The molecule has 142 valence electrons. The third-order valence-corrected chi connectivity index (χ3v) is 3.18. The number of benzene rings is 1. The van der Waals surface area contributed by atoms with Crippen LogP contribution >= 0.6 is 0 Å². The highest BCUT2D eigenvalue weighted by atomic mass is 16.5. The number of nitrogens with one attached hydrogen (secondary N) is 3. The summed E-state index contributed by atoms with van der Waals surface area (Å²) in [5, 5.41) is 16.2. The van der Waals surface area contributed by atoms with E-state index >= 15 is 0 Å². The highest BCUT2D eigenvalue weighted by Gasteiger charge is 2.09. The van der Waals surface area contributed by atoms with Gasteiger partial charge in [-0.05, 0) is 38.4 Å². The van der Waals surface area contributed by atoms with Crippen LogP contribution in [0.5, 0.6) is 5.75 Å². The highest BCUT2D eigenvalue weighted by Crippen LogP contribution is 2.30. The van der Waals surface area contributed by atoms with Gasteiger partial charge >= 0.3 is 5.97 Å². The largest absolute Gasteiger partial charge is 0.423 e. The van der Waals surface area contributed by atoms with Gasteiger partial charge in [-0.3, -0.25) is 9.59 Å². The van der Waals surface area contributed by atoms with Gasteiger partial charge in [-0.1, -0.05) is 12.1 Å². The number of likely N-dealkylation sites (N-methyl/N-ethyl adjacent to an activating group) is 2. The number of azo groups is 1. The second-order valence-corrected chi connectivity index (χ2v) is 5.35. The molecular weight excluding hydrogens is 350 g/mol. The van der Waals surface area contributed by atoms with Gasteiger partial charge in [0.15, 0.2) is 11.6 Å². The van der Waals surface area contributed by atoms with E-state index < -0.39 is 5.97 Å². The Morgan fingerprint density at radius 3 is 2.44 bits per heavy atom. The maximum atomic E-state index is 11.6. The molecule has 0 bridgehead atoms. The van der Waals surface area contributed by atoms with Gasteiger partial charge in [0.25, 0.3) is 0 Å². The first-order valence-electron chi connectivity index (χ1n) is 8.10. The van der Waals surface area contributed by atoms with Crippen molar-refractivity contribution in [2.75, 3.05) is 38.2 Å². The van der Waals surface area contributed by atoms with Crippen molar-refractivity contribution >= 4 is 34.9 Å². The summed E-state index contributed by atoms with van der Waals surface area (Å²) in [4.78, 5) is 27.3. The Balaban J connectivity index is 2.14. The van der Waals surface area contributed by atoms with Crippen molar-refractivity contribution in [1.29, 1.82) is 0 Å². The number of carbonyl (C=O) groups is 2. The van der Waals surface area contributed by atoms with Gasteiger partial charge in [0, 0.05) is 0 Å². The SMILES string of the molecule is CNCC(=O)Nc1ccc(N=Nc2ccccc2OC(=O)CNC)c(N)n1. The standard InChI is InChI=1S/C17H21N7O3/c1-19-9-15(25)21-14-8-7-12(17(18)22-14)24-23-11-5-3-4-6-13(11)27-16(26)10-20-2/h3-8,19-20H,9-10H2,1-2H3,(H3,18,21,22,25). The molecular formula is C17H21N7O3. The number of amides is 1. The fourth-order valence-electron chi connectivity index (χ4n) is 2.01. The number of carbonyl (C=O) groups excluding carboxylic acids is 2. The lowest BCUT2D eigenvalue weighted by Crippen LogP contribution is -2.25. The zero-order chi connectivity index (χ0) is 19.6. The minimum Gasteiger partial charge on any atom is -0.423 e. The number of nitrogens with two attached hydrogens (primary N) is 1. The van der Waals surface area contributed by atoms with Gasteiger partial charge in [-0.25, -0.2) is 4.98 Å². The molecule has 2 aromatic rings. The van der Waals surface area contributed by atoms with E-state index in [4.69, 9.17) is 10.5 Å². The van der Waals surface area contributed by atoms with Crippen molar-refractivity contribution in [3.05, 3.63) is 36.4 Å². The Morgan fingerprint density at radius 2 is 1.74 bits per heavy atom. The number of aromatic nitrogens is 1. The van der Waals surface area contributed by atoms with E-state index in [1.807, 2.05) is 0 Å². The Hall–Kier alpha value is -3.37. The molecule has 2 rings (SSSR count). The molecule has 10 nitrogen and oxygen atoms in total. The first kappa shape index (κ1) is 19.9. The highest BCUT2D eigenvalue weighted by molar-refractivity contribution is 5.91. The first-order chi connectivity index (χ1) is 13.0. The van der Waals surface area contributed by atoms with Crippen LogP contribution in [0.15, 0.2) is 46.6 Å². The fraction of sp³-hybridized carbons (Fsp3) is 0.235. The predicted molar refractivity (Wildman–Crippen MR) is 101 cm³/mol. The van der Waals surface area contributed by atoms with Crippen LogP contribution in [0.2, 0.25) is 0 Å².